The first-order chi connectivity index (χ1) is 10.2. The fraction of sp³-hybridized carbons (Fsp3) is 0.375. The van der Waals surface area contributed by atoms with Crippen LogP contribution in [-0.4, -0.2) is 15.5 Å². The van der Waals surface area contributed by atoms with E-state index in [2.05, 4.69) is 25.0 Å². The van der Waals surface area contributed by atoms with Gasteiger partial charge in [0.05, 0.1) is 28.3 Å². The molecular weight excluding hydrogens is 280 g/mol. The lowest BCUT2D eigenvalue weighted by atomic mass is 10.1. The molecule has 110 valence electrons. The van der Waals surface area contributed by atoms with E-state index >= 15 is 0 Å². The first-order valence-electron chi connectivity index (χ1n) is 7.20. The number of nitrogens with zero attached hydrogens (tertiary/aromatic N) is 3. The molecule has 0 radical (unpaired) electrons. The van der Waals surface area contributed by atoms with Crippen molar-refractivity contribution in [3.8, 4) is 11.8 Å². The van der Waals surface area contributed by atoms with Gasteiger partial charge in [-0.25, -0.2) is 4.68 Å². The van der Waals surface area contributed by atoms with Crippen molar-refractivity contribution < 1.29 is 0 Å². The molecule has 1 aromatic carbocycles. The van der Waals surface area contributed by atoms with Crippen LogP contribution >= 0.6 is 11.8 Å². The second kappa shape index (κ2) is 6.68. The first-order valence-corrected chi connectivity index (χ1v) is 8.18. The molecule has 0 unspecified atom stereocenters. The van der Waals surface area contributed by atoms with Gasteiger partial charge in [-0.3, -0.25) is 0 Å². The summed E-state index contributed by atoms with van der Waals surface area (Å²) in [7, 11) is 0. The van der Waals surface area contributed by atoms with Crippen LogP contribution in [0, 0.1) is 11.3 Å². The third kappa shape index (κ3) is 2.77. The van der Waals surface area contributed by atoms with Gasteiger partial charge in [0, 0.05) is 4.90 Å². The summed E-state index contributed by atoms with van der Waals surface area (Å²) in [5.74, 6) is 0.931. The summed E-state index contributed by atoms with van der Waals surface area (Å²) >= 11 is 1.67. The number of nitriles is 1. The second-order valence-electron chi connectivity index (χ2n) is 4.62. The van der Waals surface area contributed by atoms with Gasteiger partial charge in [0.25, 0.3) is 0 Å². The Morgan fingerprint density at radius 3 is 2.62 bits per heavy atom. The highest BCUT2D eigenvalue weighted by molar-refractivity contribution is 7.99. The van der Waals surface area contributed by atoms with Gasteiger partial charge in [-0.15, -0.1) is 11.8 Å². The van der Waals surface area contributed by atoms with Crippen LogP contribution in [0.1, 0.15) is 37.7 Å². The molecular formula is C16H20N4S. The standard InChI is InChI=1S/C16H20N4S/c1-4-12-16(18)13(5-2)20(19-12)14-8-7-9-15(21-6-3)11(14)10-17/h7-9H,4-6,18H2,1-3H3. The van der Waals surface area contributed by atoms with E-state index in [4.69, 9.17) is 5.73 Å². The molecule has 0 saturated carbocycles. The Morgan fingerprint density at radius 1 is 1.29 bits per heavy atom. The average molecular weight is 300 g/mol. The third-order valence-electron chi connectivity index (χ3n) is 3.41. The van der Waals surface area contributed by atoms with Crippen molar-refractivity contribution in [2.75, 3.05) is 11.5 Å². The highest BCUT2D eigenvalue weighted by atomic mass is 32.2. The summed E-state index contributed by atoms with van der Waals surface area (Å²) < 4.78 is 1.84. The molecule has 0 aliphatic rings. The van der Waals surface area contributed by atoms with E-state index in [9.17, 15) is 5.26 Å². The Kier molecular flexibility index (Phi) is 4.92. The molecule has 0 aliphatic heterocycles. The maximum Gasteiger partial charge on any atom is 0.103 e. The van der Waals surface area contributed by atoms with Gasteiger partial charge in [0.2, 0.25) is 0 Å². The Morgan fingerprint density at radius 2 is 2.05 bits per heavy atom. The second-order valence-corrected chi connectivity index (χ2v) is 5.93. The van der Waals surface area contributed by atoms with Gasteiger partial charge in [-0.1, -0.05) is 26.8 Å². The number of rotatable bonds is 5. The van der Waals surface area contributed by atoms with Crippen molar-refractivity contribution in [3.05, 3.63) is 35.2 Å². The van der Waals surface area contributed by atoms with E-state index in [1.54, 1.807) is 11.8 Å². The zero-order chi connectivity index (χ0) is 15.4. The fourth-order valence-electron chi connectivity index (χ4n) is 2.40. The molecule has 0 bridgehead atoms. The fourth-order valence-corrected chi connectivity index (χ4v) is 3.18. The van der Waals surface area contributed by atoms with E-state index in [0.29, 0.717) is 5.56 Å². The maximum atomic E-state index is 9.55. The van der Waals surface area contributed by atoms with E-state index in [0.717, 1.165) is 46.3 Å². The zero-order valence-corrected chi connectivity index (χ0v) is 13.5. The molecule has 21 heavy (non-hydrogen) atoms. The van der Waals surface area contributed by atoms with Crippen molar-refractivity contribution in [1.82, 2.24) is 9.78 Å². The van der Waals surface area contributed by atoms with Crippen molar-refractivity contribution in [2.24, 2.45) is 0 Å². The topological polar surface area (TPSA) is 67.6 Å². The summed E-state index contributed by atoms with van der Waals surface area (Å²) in [4.78, 5) is 0.992. The molecule has 4 nitrogen and oxygen atoms in total. The summed E-state index contributed by atoms with van der Waals surface area (Å²) in [5.41, 5.74) is 10.3. The van der Waals surface area contributed by atoms with Crippen LogP contribution in [0.25, 0.3) is 5.69 Å². The van der Waals surface area contributed by atoms with E-state index in [-0.39, 0.29) is 0 Å². The zero-order valence-electron chi connectivity index (χ0n) is 12.7. The lowest BCUT2D eigenvalue weighted by Crippen LogP contribution is -2.05. The lowest BCUT2D eigenvalue weighted by Gasteiger charge is -2.11. The molecule has 0 aliphatic carbocycles. The number of nitrogen functional groups attached to an aromatic ring is 1. The van der Waals surface area contributed by atoms with Gasteiger partial charge in [-0.05, 0) is 30.7 Å². The summed E-state index contributed by atoms with van der Waals surface area (Å²) in [6.45, 7) is 6.17. The molecule has 1 aromatic heterocycles. The van der Waals surface area contributed by atoms with E-state index < -0.39 is 0 Å². The maximum absolute atomic E-state index is 9.55. The molecule has 2 rings (SSSR count). The third-order valence-corrected chi connectivity index (χ3v) is 4.35. The largest absolute Gasteiger partial charge is 0.396 e. The van der Waals surface area contributed by atoms with Crippen LogP contribution in [0.3, 0.4) is 0 Å². The number of benzene rings is 1. The van der Waals surface area contributed by atoms with Crippen molar-refractivity contribution in [2.45, 2.75) is 38.5 Å². The molecule has 0 amide bonds. The average Bonchev–Trinajstić information content (AvgIpc) is 2.83. The highest BCUT2D eigenvalue weighted by Crippen LogP contribution is 2.29. The van der Waals surface area contributed by atoms with Gasteiger partial charge < -0.3 is 5.73 Å². The first kappa shape index (κ1) is 15.5. The van der Waals surface area contributed by atoms with E-state index in [1.807, 2.05) is 29.8 Å². The van der Waals surface area contributed by atoms with Crippen molar-refractivity contribution in [1.29, 1.82) is 5.26 Å². The SMILES string of the molecule is CCSc1cccc(-n2nc(CC)c(N)c2CC)c1C#N. The number of thioether (sulfide) groups is 1. The Labute approximate surface area is 130 Å². The van der Waals surface area contributed by atoms with Gasteiger partial charge in [0.1, 0.15) is 6.07 Å². The number of hydrogen-bond donors (Lipinski definition) is 1. The lowest BCUT2D eigenvalue weighted by molar-refractivity contribution is 0.790. The van der Waals surface area contributed by atoms with Crippen LogP contribution in [0.5, 0.6) is 0 Å². The molecule has 2 N–H and O–H groups in total. The predicted octanol–water partition coefficient (Wildman–Crippen LogP) is 3.56. The molecule has 0 fully saturated rings. The summed E-state index contributed by atoms with van der Waals surface area (Å²) in [6.07, 6.45) is 1.58. The monoisotopic (exact) mass is 300 g/mol. The Bertz CT molecular complexity index is 682. The number of nitrogens with two attached hydrogens (primary N) is 1. The molecule has 5 heteroatoms. The van der Waals surface area contributed by atoms with Gasteiger partial charge in [0.15, 0.2) is 0 Å². The molecule has 2 aromatic rings. The van der Waals surface area contributed by atoms with Gasteiger partial charge in [-0.2, -0.15) is 10.4 Å². The summed E-state index contributed by atoms with van der Waals surface area (Å²) in [6, 6.07) is 8.21. The minimum Gasteiger partial charge on any atom is -0.396 e. The number of anilines is 1. The number of aryl methyl sites for hydroxylation is 1. The smallest absolute Gasteiger partial charge is 0.103 e. The van der Waals surface area contributed by atoms with Crippen LogP contribution < -0.4 is 5.73 Å². The Balaban J connectivity index is 2.67. The Hall–Kier alpha value is -1.93. The molecule has 0 saturated heterocycles. The molecule has 0 spiro atoms. The minimum atomic E-state index is 0.671. The van der Waals surface area contributed by atoms with Crippen LogP contribution in [0.2, 0.25) is 0 Å². The van der Waals surface area contributed by atoms with Crippen molar-refractivity contribution in [3.63, 3.8) is 0 Å². The van der Waals surface area contributed by atoms with Gasteiger partial charge >= 0.3 is 0 Å². The van der Waals surface area contributed by atoms with Crippen LogP contribution in [-0.2, 0) is 12.8 Å². The number of aromatic nitrogens is 2. The number of hydrogen-bond acceptors (Lipinski definition) is 4. The normalized spacial score (nSPS) is 10.6. The predicted molar refractivity (Wildman–Crippen MR) is 87.8 cm³/mol. The van der Waals surface area contributed by atoms with Crippen LogP contribution in [0.15, 0.2) is 23.1 Å². The molecule has 0 atom stereocenters. The highest BCUT2D eigenvalue weighted by Gasteiger charge is 2.17. The van der Waals surface area contributed by atoms with Crippen molar-refractivity contribution >= 4 is 17.4 Å². The summed E-state index contributed by atoms with van der Waals surface area (Å²) in [5, 5.41) is 14.2. The van der Waals surface area contributed by atoms with E-state index in [1.165, 1.54) is 0 Å². The van der Waals surface area contributed by atoms with Crippen LogP contribution in [0.4, 0.5) is 5.69 Å². The molecule has 1 heterocycles. The quantitative estimate of drug-likeness (QED) is 0.857. The minimum absolute atomic E-state index is 0.671.